The highest BCUT2D eigenvalue weighted by Crippen LogP contribution is 2.31. The Bertz CT molecular complexity index is 2550. The van der Waals surface area contributed by atoms with Crippen LogP contribution < -0.4 is 10.6 Å². The van der Waals surface area contributed by atoms with E-state index < -0.39 is 0 Å². The molecule has 10 nitrogen and oxygen atoms in total. The van der Waals surface area contributed by atoms with Crippen molar-refractivity contribution in [1.29, 1.82) is 0 Å². The Labute approximate surface area is 340 Å². The molecule has 0 spiro atoms. The van der Waals surface area contributed by atoms with Crippen LogP contribution in [0.15, 0.2) is 95.6 Å². The van der Waals surface area contributed by atoms with E-state index in [0.29, 0.717) is 59.9 Å². The zero-order chi connectivity index (χ0) is 39.5. The van der Waals surface area contributed by atoms with E-state index in [0.717, 1.165) is 67.8 Å². The smallest absolute Gasteiger partial charge is 0.259 e. The lowest BCUT2D eigenvalue weighted by Gasteiger charge is -2.18. The molecule has 2 amide bonds. The number of fused-ring (bicyclic) bond motifs is 2. The van der Waals surface area contributed by atoms with Crippen molar-refractivity contribution in [2.45, 2.75) is 19.8 Å². The Morgan fingerprint density at radius 3 is 1.91 bits per heavy atom. The van der Waals surface area contributed by atoms with Gasteiger partial charge in [-0.25, -0.2) is 18.7 Å². The van der Waals surface area contributed by atoms with Crippen molar-refractivity contribution in [1.82, 2.24) is 24.9 Å². The first-order chi connectivity index (χ1) is 27.7. The molecule has 0 radical (unpaired) electrons. The second kappa shape index (κ2) is 17.0. The summed E-state index contributed by atoms with van der Waals surface area (Å²) >= 11 is 9.08. The van der Waals surface area contributed by atoms with E-state index in [-0.39, 0.29) is 23.4 Å². The van der Waals surface area contributed by atoms with Crippen molar-refractivity contribution < 1.29 is 22.9 Å². The lowest BCUT2D eigenvalue weighted by Crippen LogP contribution is -2.30. The average molecular weight is 826 g/mol. The minimum atomic E-state index is -0.258. The number of likely N-dealkylation sites (tertiary alicyclic amines) is 2. The Kier molecular flexibility index (Phi) is 11.4. The molecule has 2 N–H and O–H groups in total. The summed E-state index contributed by atoms with van der Waals surface area (Å²) in [7, 11) is 0. The van der Waals surface area contributed by atoms with E-state index >= 15 is 0 Å². The van der Waals surface area contributed by atoms with Crippen molar-refractivity contribution in [3.8, 4) is 11.3 Å². The highest BCUT2D eigenvalue weighted by Gasteiger charge is 2.31. The summed E-state index contributed by atoms with van der Waals surface area (Å²) in [5.74, 6) is 0.585. The summed E-state index contributed by atoms with van der Waals surface area (Å²) in [6, 6.07) is 24.3. The molecule has 0 saturated carbocycles. The number of benzene rings is 4. The van der Waals surface area contributed by atoms with Crippen LogP contribution in [0.2, 0.25) is 5.02 Å². The molecule has 2 fully saturated rings. The molecule has 2 atom stereocenters. The Morgan fingerprint density at radius 1 is 0.772 bits per heavy atom. The summed E-state index contributed by atoms with van der Waals surface area (Å²) in [5, 5.41) is 12.6. The fourth-order valence-electron chi connectivity index (χ4n) is 7.11. The van der Waals surface area contributed by atoms with Crippen LogP contribution in [0, 0.1) is 30.4 Å². The normalized spacial score (nSPS) is 16.6. The molecule has 5 heterocycles. The first-order valence-electron chi connectivity index (χ1n) is 18.6. The number of aromatic nitrogens is 3. The SMILES string of the molecule is Cc1ccc(Cl)c(C(=O)N2CC[C@@H](CNc3nc4ccc(F)cc4s3)C2)c1.O=C(c1cnoc1-c1ccccc1)N1CC[C@@H](CNc2nc3ccc(F)cc3s2)C1. The number of carbonyl (C=O) groups is 2. The summed E-state index contributed by atoms with van der Waals surface area (Å²) in [6.45, 7) is 6.15. The Balaban J connectivity index is 0.000000161. The van der Waals surface area contributed by atoms with Gasteiger partial charge in [-0.1, -0.05) is 81.4 Å². The molecule has 0 bridgehead atoms. The van der Waals surface area contributed by atoms with Crippen molar-refractivity contribution >= 4 is 76.8 Å². The number of nitrogens with one attached hydrogen (secondary N) is 2. The highest BCUT2D eigenvalue weighted by atomic mass is 35.5. The van der Waals surface area contributed by atoms with Gasteiger partial charge in [0.05, 0.1) is 37.2 Å². The van der Waals surface area contributed by atoms with Gasteiger partial charge in [0.2, 0.25) is 0 Å². The monoisotopic (exact) mass is 825 g/mol. The van der Waals surface area contributed by atoms with E-state index in [9.17, 15) is 18.4 Å². The third-order valence-electron chi connectivity index (χ3n) is 10.1. The second-order valence-electron chi connectivity index (χ2n) is 14.3. The van der Waals surface area contributed by atoms with Crippen molar-refractivity contribution in [2.24, 2.45) is 11.8 Å². The molecule has 2 aliphatic rings. The van der Waals surface area contributed by atoms with Gasteiger partial charge in [-0.05, 0) is 80.1 Å². The lowest BCUT2D eigenvalue weighted by molar-refractivity contribution is 0.0780. The molecule has 0 aliphatic carbocycles. The van der Waals surface area contributed by atoms with E-state index in [1.54, 1.807) is 18.2 Å². The molecule has 57 heavy (non-hydrogen) atoms. The van der Waals surface area contributed by atoms with Crippen LogP contribution in [0.5, 0.6) is 0 Å². The van der Waals surface area contributed by atoms with Gasteiger partial charge >= 0.3 is 0 Å². The molecule has 2 aliphatic heterocycles. The Morgan fingerprint density at radius 2 is 1.33 bits per heavy atom. The topological polar surface area (TPSA) is 116 Å². The molecule has 15 heteroatoms. The van der Waals surface area contributed by atoms with Gasteiger partial charge in [0.1, 0.15) is 17.2 Å². The van der Waals surface area contributed by atoms with Crippen LogP contribution in [0.1, 0.15) is 39.1 Å². The standard InChI is InChI=1S/C22H19FN4O2S.C20H19ClFN3OS/c23-16-6-7-18-19(10-16)30-22(26-18)24-11-14-8-9-27(13-14)21(28)17-12-25-29-20(17)15-4-2-1-3-5-15;1-12-2-4-16(21)15(8-12)19(26)25-7-6-13(11-25)10-23-20-24-17-5-3-14(22)9-18(17)27-20/h1-7,10,12,14H,8-9,11,13H2,(H,24,26);2-5,8-9,13H,6-7,10-11H2,1H3,(H,23,24)/t14-;13-/m00/s1. The van der Waals surface area contributed by atoms with Gasteiger partial charge in [-0.2, -0.15) is 0 Å². The summed E-state index contributed by atoms with van der Waals surface area (Å²) in [6.07, 6.45) is 3.34. The predicted octanol–water partition coefficient (Wildman–Crippen LogP) is 9.64. The summed E-state index contributed by atoms with van der Waals surface area (Å²) in [5.41, 5.74) is 4.49. The maximum atomic E-state index is 13.4. The number of aryl methyl sites for hydroxylation is 1. The summed E-state index contributed by atoms with van der Waals surface area (Å²) in [4.78, 5) is 38.5. The Hall–Kier alpha value is -5.44. The largest absolute Gasteiger partial charge is 0.361 e. The van der Waals surface area contributed by atoms with Gasteiger partial charge < -0.3 is 25.0 Å². The molecular formula is C42H38ClF2N7O3S2. The van der Waals surface area contributed by atoms with Crippen molar-refractivity contribution in [3.05, 3.63) is 124 Å². The van der Waals surface area contributed by atoms with Crippen LogP contribution >= 0.6 is 34.3 Å². The first-order valence-corrected chi connectivity index (χ1v) is 20.6. The van der Waals surface area contributed by atoms with Gasteiger partial charge in [0.25, 0.3) is 11.8 Å². The van der Waals surface area contributed by atoms with Crippen LogP contribution in [0.4, 0.5) is 19.0 Å². The first kappa shape index (κ1) is 38.4. The maximum Gasteiger partial charge on any atom is 0.259 e. The van der Waals surface area contributed by atoms with Crippen LogP contribution in [-0.2, 0) is 0 Å². The molecule has 7 aromatic rings. The highest BCUT2D eigenvalue weighted by molar-refractivity contribution is 7.22. The van der Waals surface area contributed by atoms with E-state index in [1.165, 1.54) is 53.1 Å². The quantitative estimate of drug-likeness (QED) is 0.148. The zero-order valence-electron chi connectivity index (χ0n) is 30.9. The van der Waals surface area contributed by atoms with Crippen molar-refractivity contribution in [2.75, 3.05) is 49.9 Å². The zero-order valence-corrected chi connectivity index (χ0v) is 33.3. The minimum Gasteiger partial charge on any atom is -0.361 e. The van der Waals surface area contributed by atoms with Gasteiger partial charge in [-0.15, -0.1) is 0 Å². The minimum absolute atomic E-state index is 0.0123. The molecule has 4 aromatic carbocycles. The van der Waals surface area contributed by atoms with E-state index in [1.807, 2.05) is 59.2 Å². The maximum absolute atomic E-state index is 13.4. The number of rotatable bonds is 9. The van der Waals surface area contributed by atoms with E-state index in [2.05, 4.69) is 25.8 Å². The molecular weight excluding hydrogens is 788 g/mol. The van der Waals surface area contributed by atoms with Gasteiger partial charge in [0, 0.05) is 44.8 Å². The number of anilines is 2. The third-order valence-corrected chi connectivity index (χ3v) is 12.4. The van der Waals surface area contributed by atoms with Crippen LogP contribution in [0.25, 0.3) is 31.8 Å². The van der Waals surface area contributed by atoms with Crippen LogP contribution in [-0.4, -0.2) is 76.0 Å². The molecule has 0 unspecified atom stereocenters. The number of amides is 2. The van der Waals surface area contributed by atoms with Gasteiger partial charge in [0.15, 0.2) is 16.0 Å². The fourth-order valence-corrected chi connectivity index (χ4v) is 9.11. The lowest BCUT2D eigenvalue weighted by atomic mass is 10.1. The number of hydrogen-bond acceptors (Lipinski definition) is 10. The molecule has 3 aromatic heterocycles. The number of nitrogens with zero attached hydrogens (tertiary/aromatic N) is 5. The average Bonchev–Trinajstić information content (AvgIpc) is 4.07. The second-order valence-corrected chi connectivity index (χ2v) is 16.7. The molecule has 292 valence electrons. The third kappa shape index (κ3) is 8.93. The van der Waals surface area contributed by atoms with E-state index in [4.69, 9.17) is 16.1 Å². The number of halogens is 3. The number of hydrogen-bond donors (Lipinski definition) is 2. The molecule has 9 rings (SSSR count). The van der Waals surface area contributed by atoms with Gasteiger partial charge in [-0.3, -0.25) is 9.59 Å². The number of carbonyl (C=O) groups excluding carboxylic acids is 2. The predicted molar refractivity (Wildman–Crippen MR) is 222 cm³/mol. The fraction of sp³-hybridized carbons (Fsp3) is 0.262. The van der Waals surface area contributed by atoms with Crippen molar-refractivity contribution in [3.63, 3.8) is 0 Å². The summed E-state index contributed by atoms with van der Waals surface area (Å²) < 4.78 is 33.7. The van der Waals surface area contributed by atoms with Crippen LogP contribution in [0.3, 0.4) is 0 Å². The molecule has 2 saturated heterocycles. The number of thiazole rings is 2.